The van der Waals surface area contributed by atoms with Crippen molar-refractivity contribution in [1.29, 1.82) is 0 Å². The Kier molecular flexibility index (Phi) is 6.75. The predicted molar refractivity (Wildman–Crippen MR) is 149 cm³/mol. The van der Waals surface area contributed by atoms with Gasteiger partial charge in [0.1, 0.15) is 16.4 Å². The van der Waals surface area contributed by atoms with Crippen LogP contribution in [0.3, 0.4) is 0 Å². The Balaban J connectivity index is 1.22. The average Bonchev–Trinajstić information content (AvgIpc) is 3.39. The molecule has 0 spiro atoms. The second-order valence-corrected chi connectivity index (χ2v) is 12.6. The summed E-state index contributed by atoms with van der Waals surface area (Å²) < 4.78 is 44.9. The molecule has 13 heteroatoms. The SMILES string of the molecule is CCN1C2CCC1CN(S(=O)(=O)c1ccc(Nc3ncc(F)c(-c4cnc5nn(C)c(C(C)C)c5c4)n3)nc1)C2. The molecule has 210 valence electrons. The van der Waals surface area contributed by atoms with Crippen LogP contribution >= 0.6 is 0 Å². The number of sulfonamides is 1. The van der Waals surface area contributed by atoms with Crippen LogP contribution in [0, 0.1) is 5.82 Å². The highest BCUT2D eigenvalue weighted by Crippen LogP contribution is 2.33. The highest BCUT2D eigenvalue weighted by molar-refractivity contribution is 7.89. The maximum atomic E-state index is 14.8. The quantitative estimate of drug-likeness (QED) is 0.358. The third-order valence-corrected chi connectivity index (χ3v) is 9.69. The molecule has 11 nitrogen and oxygen atoms in total. The number of piperazine rings is 1. The molecule has 2 atom stereocenters. The summed E-state index contributed by atoms with van der Waals surface area (Å²) in [5.74, 6) is 0.0825. The Labute approximate surface area is 232 Å². The molecule has 1 N–H and O–H groups in total. The number of anilines is 2. The van der Waals surface area contributed by atoms with Crippen molar-refractivity contribution in [3.05, 3.63) is 48.3 Å². The second-order valence-electron chi connectivity index (χ2n) is 10.7. The minimum absolute atomic E-state index is 0.0884. The van der Waals surface area contributed by atoms with E-state index in [1.807, 2.05) is 13.1 Å². The molecule has 0 amide bonds. The van der Waals surface area contributed by atoms with Gasteiger partial charge >= 0.3 is 0 Å². The van der Waals surface area contributed by atoms with Crippen LogP contribution in [0.4, 0.5) is 16.2 Å². The zero-order chi connectivity index (χ0) is 28.2. The molecule has 40 heavy (non-hydrogen) atoms. The fourth-order valence-electron chi connectivity index (χ4n) is 6.07. The van der Waals surface area contributed by atoms with Gasteiger partial charge in [0.2, 0.25) is 16.0 Å². The number of nitrogens with zero attached hydrogens (tertiary/aromatic N) is 8. The van der Waals surface area contributed by atoms with Crippen LogP contribution in [0.25, 0.3) is 22.3 Å². The predicted octanol–water partition coefficient (Wildman–Crippen LogP) is 3.68. The molecular weight excluding hydrogens is 533 g/mol. The summed E-state index contributed by atoms with van der Waals surface area (Å²) in [6.45, 7) is 8.18. The minimum atomic E-state index is -3.66. The number of fused-ring (bicyclic) bond motifs is 3. The first-order valence-corrected chi connectivity index (χ1v) is 14.9. The van der Waals surface area contributed by atoms with Crippen LogP contribution < -0.4 is 5.32 Å². The van der Waals surface area contributed by atoms with E-state index in [9.17, 15) is 12.8 Å². The lowest BCUT2D eigenvalue weighted by Crippen LogP contribution is -2.54. The molecule has 4 aromatic rings. The van der Waals surface area contributed by atoms with Gasteiger partial charge in [0.25, 0.3) is 0 Å². The summed E-state index contributed by atoms with van der Waals surface area (Å²) in [4.78, 5) is 19.7. The number of hydrogen-bond donors (Lipinski definition) is 1. The first-order chi connectivity index (χ1) is 19.2. The van der Waals surface area contributed by atoms with Gasteiger partial charge in [0.05, 0.1) is 11.9 Å². The van der Waals surface area contributed by atoms with Gasteiger partial charge in [0, 0.05) is 55.6 Å². The van der Waals surface area contributed by atoms with Gasteiger partial charge in [-0.05, 0) is 43.5 Å². The van der Waals surface area contributed by atoms with E-state index in [1.165, 1.54) is 12.3 Å². The lowest BCUT2D eigenvalue weighted by molar-refractivity contribution is 0.116. The van der Waals surface area contributed by atoms with Crippen LogP contribution in [-0.2, 0) is 17.1 Å². The summed E-state index contributed by atoms with van der Waals surface area (Å²) in [7, 11) is -1.80. The number of aromatic nitrogens is 6. The Morgan fingerprint density at radius 1 is 1.07 bits per heavy atom. The van der Waals surface area contributed by atoms with E-state index in [2.05, 4.69) is 56.0 Å². The molecule has 0 radical (unpaired) electrons. The van der Waals surface area contributed by atoms with Gasteiger partial charge < -0.3 is 5.32 Å². The molecule has 2 fully saturated rings. The van der Waals surface area contributed by atoms with Crippen molar-refractivity contribution in [2.45, 2.75) is 56.5 Å². The van der Waals surface area contributed by atoms with E-state index < -0.39 is 15.8 Å². The second kappa shape index (κ2) is 10.1. The van der Waals surface area contributed by atoms with Gasteiger partial charge in [0.15, 0.2) is 11.5 Å². The van der Waals surface area contributed by atoms with Gasteiger partial charge in [-0.1, -0.05) is 20.8 Å². The normalized spacial score (nSPS) is 20.1. The van der Waals surface area contributed by atoms with Crippen LogP contribution in [0.15, 0.2) is 41.7 Å². The number of aryl methyl sites for hydroxylation is 1. The summed E-state index contributed by atoms with van der Waals surface area (Å²) in [5.41, 5.74) is 2.17. The van der Waals surface area contributed by atoms with E-state index >= 15 is 0 Å². The maximum absolute atomic E-state index is 14.8. The van der Waals surface area contributed by atoms with E-state index in [0.717, 1.165) is 36.7 Å². The molecule has 6 rings (SSSR count). The highest BCUT2D eigenvalue weighted by atomic mass is 32.2. The molecule has 0 aromatic carbocycles. The van der Waals surface area contributed by atoms with Crippen molar-refractivity contribution in [3.8, 4) is 11.3 Å². The zero-order valence-electron chi connectivity index (χ0n) is 22.9. The highest BCUT2D eigenvalue weighted by Gasteiger charge is 2.43. The molecule has 2 aliphatic heterocycles. The Morgan fingerprint density at radius 2 is 1.82 bits per heavy atom. The molecule has 0 aliphatic carbocycles. The minimum Gasteiger partial charge on any atom is -0.309 e. The van der Waals surface area contributed by atoms with Crippen LogP contribution in [0.2, 0.25) is 0 Å². The lowest BCUT2D eigenvalue weighted by Gasteiger charge is -2.39. The van der Waals surface area contributed by atoms with Gasteiger partial charge in [-0.3, -0.25) is 9.58 Å². The van der Waals surface area contributed by atoms with E-state index in [4.69, 9.17) is 0 Å². The van der Waals surface area contributed by atoms with E-state index in [0.29, 0.717) is 30.1 Å². The molecule has 2 aliphatic rings. The van der Waals surface area contributed by atoms with Crippen molar-refractivity contribution in [3.63, 3.8) is 0 Å². The number of rotatable bonds is 7. The van der Waals surface area contributed by atoms with Crippen molar-refractivity contribution in [2.75, 3.05) is 25.0 Å². The summed E-state index contributed by atoms with van der Waals surface area (Å²) >= 11 is 0. The topological polar surface area (TPSA) is 122 Å². The fourth-order valence-corrected chi connectivity index (χ4v) is 7.54. The maximum Gasteiger partial charge on any atom is 0.244 e. The monoisotopic (exact) mass is 565 g/mol. The Morgan fingerprint density at radius 3 is 2.48 bits per heavy atom. The van der Waals surface area contributed by atoms with Gasteiger partial charge in [-0.15, -0.1) is 0 Å². The molecule has 0 saturated carbocycles. The largest absolute Gasteiger partial charge is 0.309 e. The lowest BCUT2D eigenvalue weighted by atomic mass is 10.1. The summed E-state index contributed by atoms with van der Waals surface area (Å²) in [6.07, 6.45) is 6.01. The van der Waals surface area contributed by atoms with Gasteiger partial charge in [-0.2, -0.15) is 9.40 Å². The summed E-state index contributed by atoms with van der Waals surface area (Å²) in [6, 6.07) is 5.46. The molecular formula is C27H32FN9O2S. The zero-order valence-corrected chi connectivity index (χ0v) is 23.7. The van der Waals surface area contributed by atoms with E-state index in [1.54, 1.807) is 21.3 Å². The van der Waals surface area contributed by atoms with Crippen LogP contribution in [0.1, 0.15) is 45.2 Å². The number of pyridine rings is 2. The standard InChI is InChI=1S/C27H32FN9O2S/c1-5-37-18-6-7-19(37)15-36(14-18)40(38,39)20-8-9-23(29-12-20)32-27-31-13-22(28)24(33-27)17-10-21-25(16(2)3)35(4)34-26(21)30-11-17/h8-13,16,18-19H,5-7,14-15H2,1-4H3,(H,29,31,32,33). The van der Waals surface area contributed by atoms with Crippen molar-refractivity contribution in [1.82, 2.24) is 38.9 Å². The molecule has 4 aromatic heterocycles. The third kappa shape index (κ3) is 4.61. The third-order valence-electron chi connectivity index (χ3n) is 7.88. The summed E-state index contributed by atoms with van der Waals surface area (Å²) in [5, 5.41) is 8.24. The number of hydrogen-bond acceptors (Lipinski definition) is 9. The van der Waals surface area contributed by atoms with Crippen molar-refractivity contribution in [2.24, 2.45) is 7.05 Å². The molecule has 2 saturated heterocycles. The van der Waals surface area contributed by atoms with Crippen molar-refractivity contribution >= 4 is 32.8 Å². The first-order valence-electron chi connectivity index (χ1n) is 13.5. The van der Waals surface area contributed by atoms with Crippen LogP contribution in [0.5, 0.6) is 0 Å². The van der Waals surface area contributed by atoms with Crippen LogP contribution in [-0.4, -0.2) is 79.1 Å². The van der Waals surface area contributed by atoms with Gasteiger partial charge in [-0.25, -0.2) is 32.7 Å². The Bertz CT molecular complexity index is 1660. The molecule has 6 heterocycles. The smallest absolute Gasteiger partial charge is 0.244 e. The van der Waals surface area contributed by atoms with Crippen molar-refractivity contribution < 1.29 is 12.8 Å². The number of halogens is 1. The average molecular weight is 566 g/mol. The first kappa shape index (κ1) is 26.7. The fraction of sp³-hybridized carbons (Fsp3) is 0.444. The molecule has 2 bridgehead atoms. The molecule has 2 unspecified atom stereocenters. The Hall–Kier alpha value is -3.55. The van der Waals surface area contributed by atoms with E-state index in [-0.39, 0.29) is 34.5 Å². The number of nitrogens with one attached hydrogen (secondary N) is 1. The number of likely N-dealkylation sites (N-methyl/N-ethyl adjacent to an activating group) is 1.